The van der Waals surface area contributed by atoms with Gasteiger partial charge in [0.1, 0.15) is 11.5 Å². The van der Waals surface area contributed by atoms with Crippen LogP contribution in [0.25, 0.3) is 0 Å². The van der Waals surface area contributed by atoms with Crippen molar-refractivity contribution in [3.63, 3.8) is 0 Å². The number of rotatable bonds is 2. The van der Waals surface area contributed by atoms with Gasteiger partial charge in [-0.05, 0) is 0 Å². The smallest absolute Gasteiger partial charge is 0.124 e. The number of hydrogen-bond donors (Lipinski definition) is 1. The maximum atomic E-state index is 5.55. The fraction of sp³-hybridized carbons (Fsp3) is 0.250. The van der Waals surface area contributed by atoms with Crippen LogP contribution in [0.3, 0.4) is 0 Å². The average molecular weight is 176 g/mol. The molecule has 0 aliphatic carbocycles. The van der Waals surface area contributed by atoms with Gasteiger partial charge in [-0.3, -0.25) is 0 Å². The van der Waals surface area contributed by atoms with Crippen molar-refractivity contribution in [2.75, 3.05) is 20.0 Å². The topological polar surface area (TPSA) is 44.5 Å². The van der Waals surface area contributed by atoms with Gasteiger partial charge >= 0.3 is 0 Å². The summed E-state index contributed by atoms with van der Waals surface area (Å²) in [5.41, 5.74) is 6.19. The summed E-state index contributed by atoms with van der Waals surface area (Å²) >= 11 is 0. The van der Waals surface area contributed by atoms with Gasteiger partial charge in [-0.25, -0.2) is 0 Å². The zero-order valence-corrected chi connectivity index (χ0v) is 9.63. The van der Waals surface area contributed by atoms with E-state index in [1.807, 2.05) is 0 Å². The van der Waals surface area contributed by atoms with E-state index >= 15 is 0 Å². The van der Waals surface area contributed by atoms with Gasteiger partial charge in [0.2, 0.25) is 0 Å². The Labute approximate surface area is 94.1 Å². The molecule has 4 heteroatoms. The molecule has 0 saturated carbocycles. The number of hydrogen-bond acceptors (Lipinski definition) is 3. The molecule has 0 unspecified atom stereocenters. The number of methoxy groups -OCH3 is 2. The molecule has 12 heavy (non-hydrogen) atoms. The Kier molecular flexibility index (Phi) is 5.13. The predicted molar refractivity (Wildman–Crippen MR) is 49.7 cm³/mol. The molecule has 0 saturated heterocycles. The van der Waals surface area contributed by atoms with E-state index in [1.165, 1.54) is 0 Å². The van der Waals surface area contributed by atoms with Gasteiger partial charge in [0, 0.05) is 53.4 Å². The number of nitrogens with two attached hydrogens (primary N) is 1. The molecule has 0 spiro atoms. The van der Waals surface area contributed by atoms with Gasteiger partial charge in [-0.2, -0.15) is 0 Å². The minimum absolute atomic E-state index is 0. The number of benzene rings is 1. The van der Waals surface area contributed by atoms with Crippen LogP contribution in [0.1, 0.15) is 0 Å². The third-order valence-electron chi connectivity index (χ3n) is 1.37. The molecule has 3 nitrogen and oxygen atoms in total. The van der Waals surface area contributed by atoms with Crippen LogP contribution in [0.15, 0.2) is 18.2 Å². The molecule has 1 radical (unpaired) electrons. The van der Waals surface area contributed by atoms with E-state index in [9.17, 15) is 0 Å². The van der Waals surface area contributed by atoms with E-state index in [0.29, 0.717) is 17.2 Å². The van der Waals surface area contributed by atoms with Crippen molar-refractivity contribution >= 4 is 35.2 Å². The Bertz CT molecular complexity index is 231. The quantitative estimate of drug-likeness (QED) is 0.538. The summed E-state index contributed by atoms with van der Waals surface area (Å²) in [6.07, 6.45) is 0. The zero-order valence-electron chi connectivity index (χ0n) is 7.63. The number of nitrogen functional groups attached to an aromatic ring is 1. The molecule has 0 aliphatic rings. The summed E-state index contributed by atoms with van der Waals surface area (Å²) in [5, 5.41) is 0. The molecule has 0 atom stereocenters. The third kappa shape index (κ3) is 2.93. The van der Waals surface area contributed by atoms with Gasteiger partial charge in [0.25, 0.3) is 0 Å². The molecule has 0 bridgehead atoms. The maximum absolute atomic E-state index is 5.55. The normalized spacial score (nSPS) is 8.50. The van der Waals surface area contributed by atoms with Crippen LogP contribution in [0.5, 0.6) is 11.5 Å². The molecule has 0 amide bonds. The maximum Gasteiger partial charge on any atom is 0.124 e. The fourth-order valence-electron chi connectivity index (χ4n) is 0.829. The molecular weight excluding hydrogens is 165 g/mol. The van der Waals surface area contributed by atoms with Crippen molar-refractivity contribution in [1.82, 2.24) is 0 Å². The van der Waals surface area contributed by atoms with Crippen LogP contribution in [-0.2, 0) is 0 Å². The van der Waals surface area contributed by atoms with Crippen molar-refractivity contribution in [1.29, 1.82) is 0 Å². The molecule has 1 aromatic rings. The number of anilines is 1. The standard InChI is InChI=1S/C8H11NO2.Na/c1-10-7-3-6(9)4-8(5-7)11-2;/h3-5H,9H2,1-2H3;. The first-order chi connectivity index (χ1) is 5.26. The van der Waals surface area contributed by atoms with E-state index in [4.69, 9.17) is 15.2 Å². The van der Waals surface area contributed by atoms with Crippen LogP contribution in [0.4, 0.5) is 5.69 Å². The van der Waals surface area contributed by atoms with Gasteiger partial charge < -0.3 is 15.2 Å². The summed E-state index contributed by atoms with van der Waals surface area (Å²) in [7, 11) is 3.18. The minimum atomic E-state index is 0. The van der Waals surface area contributed by atoms with E-state index in [0.717, 1.165) is 0 Å². The SMILES string of the molecule is COc1cc(N)cc(OC)c1.[Na]. The van der Waals surface area contributed by atoms with Gasteiger partial charge in [0.15, 0.2) is 0 Å². The van der Waals surface area contributed by atoms with Crippen LogP contribution in [0.2, 0.25) is 0 Å². The molecule has 61 valence electrons. The second kappa shape index (κ2) is 5.30. The molecule has 0 aromatic heterocycles. The van der Waals surface area contributed by atoms with Crippen molar-refractivity contribution in [2.24, 2.45) is 0 Å². The second-order valence-electron chi connectivity index (χ2n) is 2.15. The Morgan fingerprint density at radius 1 is 1.00 bits per heavy atom. The van der Waals surface area contributed by atoms with Crippen LogP contribution in [-0.4, -0.2) is 43.8 Å². The zero-order chi connectivity index (χ0) is 8.27. The molecule has 1 rings (SSSR count). The Balaban J connectivity index is 0.00000121. The largest absolute Gasteiger partial charge is 0.497 e. The molecule has 0 heterocycles. The van der Waals surface area contributed by atoms with E-state index in [2.05, 4.69) is 0 Å². The summed E-state index contributed by atoms with van der Waals surface area (Å²) in [4.78, 5) is 0. The van der Waals surface area contributed by atoms with E-state index in [1.54, 1.807) is 32.4 Å². The second-order valence-corrected chi connectivity index (χ2v) is 2.15. The molecule has 0 fully saturated rings. The first kappa shape index (κ1) is 11.6. The fourth-order valence-corrected chi connectivity index (χ4v) is 0.829. The Hall–Kier alpha value is -0.380. The molecule has 1 aromatic carbocycles. The monoisotopic (exact) mass is 176 g/mol. The van der Waals surface area contributed by atoms with Crippen LogP contribution >= 0.6 is 0 Å². The molecule has 2 N–H and O–H groups in total. The average Bonchev–Trinajstić information content (AvgIpc) is 2.03. The Morgan fingerprint density at radius 3 is 1.75 bits per heavy atom. The van der Waals surface area contributed by atoms with Crippen molar-refractivity contribution in [3.05, 3.63) is 18.2 Å². The summed E-state index contributed by atoms with van der Waals surface area (Å²) in [6.45, 7) is 0. The van der Waals surface area contributed by atoms with Crippen LogP contribution < -0.4 is 15.2 Å². The summed E-state index contributed by atoms with van der Waals surface area (Å²) in [5.74, 6) is 1.42. The number of ether oxygens (including phenoxy) is 2. The molecule has 0 aliphatic heterocycles. The minimum Gasteiger partial charge on any atom is -0.497 e. The first-order valence-electron chi connectivity index (χ1n) is 3.25. The van der Waals surface area contributed by atoms with Crippen molar-refractivity contribution in [2.45, 2.75) is 0 Å². The van der Waals surface area contributed by atoms with Gasteiger partial charge in [-0.15, -0.1) is 0 Å². The van der Waals surface area contributed by atoms with Gasteiger partial charge in [0.05, 0.1) is 14.2 Å². The Morgan fingerprint density at radius 2 is 1.42 bits per heavy atom. The summed E-state index contributed by atoms with van der Waals surface area (Å²) < 4.78 is 9.96. The van der Waals surface area contributed by atoms with Crippen molar-refractivity contribution in [3.8, 4) is 11.5 Å². The predicted octanol–water partition coefficient (Wildman–Crippen LogP) is 0.905. The van der Waals surface area contributed by atoms with Crippen LogP contribution in [0, 0.1) is 0 Å². The van der Waals surface area contributed by atoms with E-state index < -0.39 is 0 Å². The third-order valence-corrected chi connectivity index (χ3v) is 1.37. The van der Waals surface area contributed by atoms with Crippen molar-refractivity contribution < 1.29 is 9.47 Å². The van der Waals surface area contributed by atoms with E-state index in [-0.39, 0.29) is 29.6 Å². The summed E-state index contributed by atoms with van der Waals surface area (Å²) in [6, 6.07) is 5.25. The molecular formula is C8H11NNaO2. The van der Waals surface area contributed by atoms with Gasteiger partial charge in [-0.1, -0.05) is 0 Å². The first-order valence-corrected chi connectivity index (χ1v) is 3.25.